The zero-order valence-electron chi connectivity index (χ0n) is 9.29. The maximum Gasteiger partial charge on any atom is 0.388 e. The first-order chi connectivity index (χ1) is 9.15. The number of aromatic nitrogens is 6. The lowest BCUT2D eigenvalue weighted by molar-refractivity contribution is -0.0522. The summed E-state index contributed by atoms with van der Waals surface area (Å²) in [5.41, 5.74) is 5.81. The molecule has 8 nitrogen and oxygen atoms in total. The summed E-state index contributed by atoms with van der Waals surface area (Å²) in [5.74, 6) is 0.234. The van der Waals surface area contributed by atoms with E-state index >= 15 is 0 Å². The topological polar surface area (TPSA) is 108 Å². The molecular formula is C9H7F2N7O. The van der Waals surface area contributed by atoms with E-state index in [-0.39, 0.29) is 22.9 Å². The number of nitrogen functional groups attached to an aromatic ring is 1. The third-order valence-electron chi connectivity index (χ3n) is 2.28. The van der Waals surface area contributed by atoms with Crippen molar-refractivity contribution >= 4 is 17.0 Å². The highest BCUT2D eigenvalue weighted by Gasteiger charge is 2.19. The lowest BCUT2D eigenvalue weighted by Gasteiger charge is -1.98. The Balaban J connectivity index is 2.24. The van der Waals surface area contributed by atoms with E-state index in [1.165, 1.54) is 17.1 Å². The van der Waals surface area contributed by atoms with E-state index in [0.717, 1.165) is 0 Å². The molecule has 0 saturated heterocycles. The third-order valence-corrected chi connectivity index (χ3v) is 2.28. The van der Waals surface area contributed by atoms with Gasteiger partial charge in [0.2, 0.25) is 0 Å². The van der Waals surface area contributed by atoms with E-state index in [2.05, 4.69) is 30.0 Å². The summed E-state index contributed by atoms with van der Waals surface area (Å²) < 4.78 is 30.2. The normalized spacial score (nSPS) is 11.3. The van der Waals surface area contributed by atoms with Gasteiger partial charge in [0.05, 0.1) is 12.4 Å². The number of nitrogens with one attached hydrogen (secondary N) is 1. The highest BCUT2D eigenvalue weighted by molar-refractivity contribution is 5.78. The fourth-order valence-electron chi connectivity index (χ4n) is 1.57. The van der Waals surface area contributed by atoms with Crippen LogP contribution in [0.25, 0.3) is 17.0 Å². The van der Waals surface area contributed by atoms with Crippen molar-refractivity contribution in [3.8, 4) is 11.7 Å². The molecule has 0 aliphatic carbocycles. The molecule has 98 valence electrons. The van der Waals surface area contributed by atoms with Crippen molar-refractivity contribution in [3.05, 3.63) is 18.5 Å². The Morgan fingerprint density at radius 1 is 1.42 bits per heavy atom. The van der Waals surface area contributed by atoms with Crippen LogP contribution in [0.15, 0.2) is 18.5 Å². The first-order valence-corrected chi connectivity index (χ1v) is 5.11. The van der Waals surface area contributed by atoms with Crippen LogP contribution in [0, 0.1) is 0 Å². The van der Waals surface area contributed by atoms with Crippen LogP contribution in [0.4, 0.5) is 14.6 Å². The van der Waals surface area contributed by atoms with Crippen LogP contribution in [-0.2, 0) is 0 Å². The van der Waals surface area contributed by atoms with Crippen LogP contribution in [0.1, 0.15) is 0 Å². The fourth-order valence-corrected chi connectivity index (χ4v) is 1.57. The van der Waals surface area contributed by atoms with Crippen LogP contribution < -0.4 is 10.5 Å². The Kier molecular flexibility index (Phi) is 2.47. The van der Waals surface area contributed by atoms with Gasteiger partial charge in [-0.05, 0) is 0 Å². The van der Waals surface area contributed by atoms with E-state index in [1.54, 1.807) is 6.07 Å². The molecule has 0 aromatic carbocycles. The Hall–Kier alpha value is -2.78. The Labute approximate surface area is 104 Å². The number of nitrogens with zero attached hydrogens (tertiary/aromatic N) is 5. The molecule has 0 aliphatic rings. The lowest BCUT2D eigenvalue weighted by Crippen LogP contribution is -2.04. The summed E-state index contributed by atoms with van der Waals surface area (Å²) in [7, 11) is 0. The average molecular weight is 267 g/mol. The van der Waals surface area contributed by atoms with Crippen molar-refractivity contribution in [1.29, 1.82) is 0 Å². The van der Waals surface area contributed by atoms with Crippen LogP contribution >= 0.6 is 0 Å². The largest absolute Gasteiger partial charge is 0.413 e. The summed E-state index contributed by atoms with van der Waals surface area (Å²) in [6.45, 7) is -3.01. The number of anilines is 1. The van der Waals surface area contributed by atoms with Crippen molar-refractivity contribution in [1.82, 2.24) is 29.9 Å². The Morgan fingerprint density at radius 3 is 2.95 bits per heavy atom. The molecule has 3 rings (SSSR count). The molecule has 3 aromatic heterocycles. The second-order valence-corrected chi connectivity index (χ2v) is 3.50. The molecule has 3 heterocycles. The number of H-pyrrole nitrogens is 1. The molecular weight excluding hydrogens is 260 g/mol. The number of hydrogen-bond acceptors (Lipinski definition) is 6. The quantitative estimate of drug-likeness (QED) is 0.724. The number of fused-ring (bicyclic) bond motifs is 1. The number of aromatic amines is 1. The Morgan fingerprint density at radius 2 is 2.26 bits per heavy atom. The van der Waals surface area contributed by atoms with Gasteiger partial charge in [-0.1, -0.05) is 0 Å². The van der Waals surface area contributed by atoms with Crippen LogP contribution in [0.3, 0.4) is 0 Å². The number of halogens is 2. The highest BCUT2D eigenvalue weighted by Crippen LogP contribution is 2.25. The smallest absolute Gasteiger partial charge is 0.388 e. The van der Waals surface area contributed by atoms with Gasteiger partial charge in [-0.3, -0.25) is 5.10 Å². The molecule has 0 amide bonds. The van der Waals surface area contributed by atoms with Crippen LogP contribution in [0.5, 0.6) is 5.88 Å². The minimum absolute atomic E-state index is 0.0871. The summed E-state index contributed by atoms with van der Waals surface area (Å²) in [4.78, 5) is 7.90. The van der Waals surface area contributed by atoms with Crippen molar-refractivity contribution in [2.45, 2.75) is 6.61 Å². The Bertz CT molecular complexity index is 709. The number of hydrogen-bond donors (Lipinski definition) is 2. The standard InChI is InChI=1S/C9H7F2N7O/c10-9(11)19-8-6-7(15-4(12)3-13-6)18(17-8)5-1-2-14-16-5/h1-3,9H,(H2,12,15)(H,14,16). The lowest BCUT2D eigenvalue weighted by atomic mass is 10.5. The van der Waals surface area contributed by atoms with E-state index in [1.807, 2.05) is 0 Å². The zero-order chi connectivity index (χ0) is 13.4. The monoisotopic (exact) mass is 267 g/mol. The molecule has 10 heteroatoms. The van der Waals surface area contributed by atoms with Crippen molar-refractivity contribution in [2.24, 2.45) is 0 Å². The van der Waals surface area contributed by atoms with Crippen LogP contribution in [0.2, 0.25) is 0 Å². The van der Waals surface area contributed by atoms with Gasteiger partial charge in [0, 0.05) is 6.07 Å². The van der Waals surface area contributed by atoms with Crippen molar-refractivity contribution in [2.75, 3.05) is 5.73 Å². The molecule has 0 atom stereocenters. The molecule has 0 unspecified atom stereocenters. The maximum absolute atomic E-state index is 12.3. The molecule has 3 aromatic rings. The van der Waals surface area contributed by atoms with E-state index in [9.17, 15) is 8.78 Å². The molecule has 0 spiro atoms. The second-order valence-electron chi connectivity index (χ2n) is 3.50. The zero-order valence-corrected chi connectivity index (χ0v) is 9.29. The molecule has 0 fully saturated rings. The highest BCUT2D eigenvalue weighted by atomic mass is 19.3. The predicted octanol–water partition coefficient (Wildman–Crippen LogP) is 0.722. The van der Waals surface area contributed by atoms with Crippen molar-refractivity contribution < 1.29 is 13.5 Å². The van der Waals surface area contributed by atoms with E-state index in [4.69, 9.17) is 5.73 Å². The average Bonchev–Trinajstić information content (AvgIpc) is 2.96. The first-order valence-electron chi connectivity index (χ1n) is 5.11. The third kappa shape index (κ3) is 1.92. The summed E-state index contributed by atoms with van der Waals surface area (Å²) in [5, 5.41) is 10.2. The van der Waals surface area contributed by atoms with Gasteiger partial charge in [-0.15, -0.1) is 5.10 Å². The molecule has 3 N–H and O–H groups in total. The number of nitrogens with two attached hydrogens (primary N) is 1. The van der Waals surface area contributed by atoms with E-state index in [0.29, 0.717) is 5.82 Å². The molecule has 0 bridgehead atoms. The van der Waals surface area contributed by atoms with Gasteiger partial charge in [0.15, 0.2) is 17.0 Å². The van der Waals surface area contributed by atoms with Gasteiger partial charge < -0.3 is 10.5 Å². The van der Waals surface area contributed by atoms with Gasteiger partial charge in [0.25, 0.3) is 5.88 Å². The summed E-state index contributed by atoms with van der Waals surface area (Å²) in [6, 6.07) is 1.59. The summed E-state index contributed by atoms with van der Waals surface area (Å²) >= 11 is 0. The van der Waals surface area contributed by atoms with Crippen LogP contribution in [-0.4, -0.2) is 36.6 Å². The minimum Gasteiger partial charge on any atom is -0.413 e. The predicted molar refractivity (Wildman–Crippen MR) is 59.9 cm³/mol. The van der Waals surface area contributed by atoms with Gasteiger partial charge in [-0.25, -0.2) is 9.97 Å². The van der Waals surface area contributed by atoms with E-state index < -0.39 is 6.61 Å². The van der Waals surface area contributed by atoms with Crippen molar-refractivity contribution in [3.63, 3.8) is 0 Å². The molecule has 0 aliphatic heterocycles. The number of rotatable bonds is 3. The summed E-state index contributed by atoms with van der Waals surface area (Å²) in [6.07, 6.45) is 2.72. The minimum atomic E-state index is -3.01. The molecule has 19 heavy (non-hydrogen) atoms. The number of ether oxygens (including phenoxy) is 1. The second kappa shape index (κ2) is 4.15. The fraction of sp³-hybridized carbons (Fsp3) is 0.111. The number of alkyl halides is 2. The maximum atomic E-state index is 12.3. The first kappa shape index (κ1) is 11.3. The molecule has 0 radical (unpaired) electrons. The SMILES string of the molecule is Nc1cnc2c(OC(F)F)nn(-c3ccn[nH]3)c2n1. The van der Waals surface area contributed by atoms with Gasteiger partial charge in [-0.2, -0.15) is 18.6 Å². The molecule has 0 saturated carbocycles. The van der Waals surface area contributed by atoms with Gasteiger partial charge >= 0.3 is 6.61 Å². The van der Waals surface area contributed by atoms with Gasteiger partial charge in [0.1, 0.15) is 5.82 Å².